The molecule has 0 spiro atoms. The van der Waals surface area contributed by atoms with Gasteiger partial charge in [-0.25, -0.2) is 14.4 Å². The van der Waals surface area contributed by atoms with Crippen molar-refractivity contribution in [3.05, 3.63) is 143 Å². The van der Waals surface area contributed by atoms with E-state index in [0.717, 1.165) is 106 Å². The van der Waals surface area contributed by atoms with E-state index < -0.39 is 6.23 Å². The normalized spacial score (nSPS) is 14.9. The van der Waals surface area contributed by atoms with Gasteiger partial charge in [0.05, 0.1) is 17.6 Å². The Morgan fingerprint density at radius 2 is 1.47 bits per heavy atom. The maximum absolute atomic E-state index is 13.6. The third kappa shape index (κ3) is 12.5. The van der Waals surface area contributed by atoms with Crippen LogP contribution >= 0.6 is 0 Å². The van der Waals surface area contributed by atoms with Gasteiger partial charge in [-0.05, 0) is 100 Å². The fourth-order valence-corrected chi connectivity index (χ4v) is 7.06. The minimum absolute atomic E-state index is 0.141. The van der Waals surface area contributed by atoms with Crippen LogP contribution in [0.2, 0.25) is 0 Å². The molecule has 0 saturated carbocycles. The molecule has 2 aromatic carbocycles. The van der Waals surface area contributed by atoms with Gasteiger partial charge in [-0.2, -0.15) is 0 Å². The number of anilines is 2. The highest BCUT2D eigenvalue weighted by molar-refractivity contribution is 5.79. The fourth-order valence-electron chi connectivity index (χ4n) is 7.06. The van der Waals surface area contributed by atoms with Crippen LogP contribution in [0.25, 0.3) is 11.0 Å². The van der Waals surface area contributed by atoms with Crippen LogP contribution in [0.5, 0.6) is 0 Å². The Morgan fingerprint density at radius 1 is 0.836 bits per heavy atom. The maximum atomic E-state index is 13.6. The van der Waals surface area contributed by atoms with E-state index in [1.807, 2.05) is 37.4 Å². The number of benzene rings is 2. The van der Waals surface area contributed by atoms with E-state index >= 15 is 0 Å². The van der Waals surface area contributed by atoms with Crippen LogP contribution in [-0.4, -0.2) is 50.4 Å². The Bertz CT molecular complexity index is 1950. The van der Waals surface area contributed by atoms with Gasteiger partial charge in [-0.1, -0.05) is 98.4 Å². The average Bonchev–Trinajstić information content (AvgIpc) is 3.57. The Hall–Kier alpha value is -5.02. The Morgan fingerprint density at radius 3 is 2.15 bits per heavy atom. The highest BCUT2D eigenvalue weighted by Crippen LogP contribution is 2.29. The number of halogens is 1. The first kappa shape index (κ1) is 41.1. The number of rotatable bonds is 21. The predicted molar refractivity (Wildman–Crippen MR) is 226 cm³/mol. The number of hydrogen-bond acceptors (Lipinski definition) is 6. The zero-order chi connectivity index (χ0) is 38.7. The van der Waals surface area contributed by atoms with Crippen LogP contribution in [-0.2, 0) is 6.54 Å². The van der Waals surface area contributed by atoms with Crippen molar-refractivity contribution >= 4 is 22.9 Å². The lowest BCUT2D eigenvalue weighted by molar-refractivity contribution is 0.0877. The number of aliphatic hydroxyl groups excluding tert-OH is 1. The first-order valence-corrected chi connectivity index (χ1v) is 20.1. The molecule has 5 rings (SSSR count). The summed E-state index contributed by atoms with van der Waals surface area (Å²) in [5.41, 5.74) is 2.74. The third-order valence-electron chi connectivity index (χ3n) is 10.1. The molecule has 1 aliphatic rings. The number of allylic oxidation sites excluding steroid dienone is 10. The Balaban J connectivity index is 1.05. The van der Waals surface area contributed by atoms with Gasteiger partial charge < -0.3 is 19.5 Å². The molecule has 1 unspecified atom stereocenters. The molecular formula is C46H59FN6O2. The highest BCUT2D eigenvalue weighted by atomic mass is 19.1. The van der Waals surface area contributed by atoms with Crippen molar-refractivity contribution in [2.45, 2.75) is 103 Å². The average molecular weight is 747 g/mol. The summed E-state index contributed by atoms with van der Waals surface area (Å²) < 4.78 is 17.3. The van der Waals surface area contributed by atoms with Gasteiger partial charge in [0.1, 0.15) is 12.0 Å². The van der Waals surface area contributed by atoms with Crippen molar-refractivity contribution in [2.24, 2.45) is 0 Å². The number of nitrogens with zero attached hydrogens (tertiary/aromatic N) is 6. The van der Waals surface area contributed by atoms with Crippen LogP contribution in [0.1, 0.15) is 95.8 Å². The van der Waals surface area contributed by atoms with Crippen molar-refractivity contribution in [3.63, 3.8) is 0 Å². The van der Waals surface area contributed by atoms with Gasteiger partial charge in [-0.3, -0.25) is 9.36 Å². The van der Waals surface area contributed by atoms with Crippen molar-refractivity contribution in [1.82, 2.24) is 19.1 Å². The van der Waals surface area contributed by atoms with E-state index in [4.69, 9.17) is 4.98 Å². The summed E-state index contributed by atoms with van der Waals surface area (Å²) in [6.45, 7) is 4.30. The molecule has 9 heteroatoms. The summed E-state index contributed by atoms with van der Waals surface area (Å²) in [6.07, 6.45) is 33.8. The van der Waals surface area contributed by atoms with E-state index in [-0.39, 0.29) is 17.4 Å². The molecular weight excluding hydrogens is 688 g/mol. The maximum Gasteiger partial charge on any atom is 0.256 e. The smallest absolute Gasteiger partial charge is 0.256 e. The summed E-state index contributed by atoms with van der Waals surface area (Å²) in [6, 6.07) is 16.3. The van der Waals surface area contributed by atoms with Gasteiger partial charge in [0.25, 0.3) is 5.56 Å². The molecule has 1 atom stereocenters. The molecule has 0 bridgehead atoms. The van der Waals surface area contributed by atoms with E-state index in [0.29, 0.717) is 18.9 Å². The third-order valence-corrected chi connectivity index (χ3v) is 10.1. The van der Waals surface area contributed by atoms with Crippen LogP contribution in [0.15, 0.2) is 126 Å². The second-order valence-corrected chi connectivity index (χ2v) is 14.2. The van der Waals surface area contributed by atoms with Gasteiger partial charge >= 0.3 is 0 Å². The fraction of sp³-hybridized carbons (Fsp3) is 0.413. The second kappa shape index (κ2) is 22.4. The largest absolute Gasteiger partial charge is 0.373 e. The molecule has 1 fully saturated rings. The molecule has 0 aliphatic carbocycles. The minimum Gasteiger partial charge on any atom is -0.373 e. The van der Waals surface area contributed by atoms with Crippen molar-refractivity contribution in [2.75, 3.05) is 29.9 Å². The zero-order valence-electron chi connectivity index (χ0n) is 32.7. The number of aromatic nitrogens is 4. The van der Waals surface area contributed by atoms with Crippen LogP contribution in [0, 0.1) is 5.82 Å². The standard InChI is InChI=1S/C46H59FN6O2/c1-3-4-5-6-7-8-9-10-11-12-13-14-15-16-17-18-19-20-21-26-43(54)53-44(55)31-34-48-45(53)50(2)40-32-35-51(36-33-40)46-49-41-24-22-23-25-42(41)52(46)37-38-27-29-39(47)30-28-38/h4-5,7-8,10-11,13-14,16-17,22-25,27-31,34,40,43,54H,3,6,9,12,15,18-21,26,32-33,35-37H2,1-2H3. The van der Waals surface area contributed by atoms with Gasteiger partial charge in [0.15, 0.2) is 0 Å². The SMILES string of the molecule is CCC=CCC=CCC=CCC=CCC=CCCCCCC(O)n1c(N(C)C2CCN(c3nc4ccccc4n3Cc3ccc(F)cc3)CC2)nccc1=O. The molecule has 0 amide bonds. The summed E-state index contributed by atoms with van der Waals surface area (Å²) in [4.78, 5) is 27.0. The molecule has 2 aromatic heterocycles. The van der Waals surface area contributed by atoms with E-state index in [1.165, 1.54) is 29.0 Å². The second-order valence-electron chi connectivity index (χ2n) is 14.2. The number of unbranched alkanes of at least 4 members (excludes halogenated alkanes) is 3. The molecule has 1 saturated heterocycles. The van der Waals surface area contributed by atoms with Crippen LogP contribution < -0.4 is 15.4 Å². The summed E-state index contributed by atoms with van der Waals surface area (Å²) in [7, 11) is 1.97. The van der Waals surface area contributed by atoms with Crippen LogP contribution in [0.3, 0.4) is 0 Å². The lowest BCUT2D eigenvalue weighted by atomic mass is 10.0. The van der Waals surface area contributed by atoms with Gasteiger partial charge in [0, 0.05) is 38.4 Å². The summed E-state index contributed by atoms with van der Waals surface area (Å²) in [5.74, 6) is 1.16. The summed E-state index contributed by atoms with van der Waals surface area (Å²) >= 11 is 0. The van der Waals surface area contributed by atoms with E-state index in [1.54, 1.807) is 0 Å². The molecule has 3 heterocycles. The monoisotopic (exact) mass is 746 g/mol. The van der Waals surface area contributed by atoms with Crippen molar-refractivity contribution < 1.29 is 9.50 Å². The number of hydrogen-bond donors (Lipinski definition) is 1. The van der Waals surface area contributed by atoms with Crippen molar-refractivity contribution in [3.8, 4) is 0 Å². The molecule has 292 valence electrons. The quantitative estimate of drug-likeness (QED) is 0.0676. The molecule has 1 aliphatic heterocycles. The zero-order valence-corrected chi connectivity index (χ0v) is 32.7. The number of imidazole rings is 1. The highest BCUT2D eigenvalue weighted by Gasteiger charge is 2.28. The molecule has 4 aromatic rings. The topological polar surface area (TPSA) is 79.4 Å². The molecule has 0 radical (unpaired) electrons. The predicted octanol–water partition coefficient (Wildman–Crippen LogP) is 10.1. The number of para-hydroxylation sites is 2. The first-order valence-electron chi connectivity index (χ1n) is 20.1. The van der Waals surface area contributed by atoms with Gasteiger partial charge in [-0.15, -0.1) is 0 Å². The summed E-state index contributed by atoms with van der Waals surface area (Å²) in [5, 5.41) is 11.2. The number of aliphatic hydroxyl groups is 1. The molecule has 55 heavy (non-hydrogen) atoms. The van der Waals surface area contributed by atoms with Crippen LogP contribution in [0.4, 0.5) is 16.3 Å². The lowest BCUT2D eigenvalue weighted by Crippen LogP contribution is -2.46. The van der Waals surface area contributed by atoms with E-state index in [2.05, 4.69) is 93.1 Å². The first-order chi connectivity index (χ1) is 27.0. The number of piperidine rings is 1. The lowest BCUT2D eigenvalue weighted by Gasteiger charge is -2.38. The van der Waals surface area contributed by atoms with E-state index in [9.17, 15) is 14.3 Å². The molecule has 1 N–H and O–H groups in total. The Kier molecular flexibility index (Phi) is 16.7. The Labute approximate surface area is 326 Å². The molecule has 8 nitrogen and oxygen atoms in total. The number of fused-ring (bicyclic) bond motifs is 1. The van der Waals surface area contributed by atoms with Crippen molar-refractivity contribution in [1.29, 1.82) is 0 Å². The van der Waals surface area contributed by atoms with Gasteiger partial charge in [0.2, 0.25) is 11.9 Å². The minimum atomic E-state index is -0.932.